The SMILES string of the molecule is Cc1c(C(=O)N2CCC(C)(O)C(C)C2)ccn1C. The summed E-state index contributed by atoms with van der Waals surface area (Å²) in [7, 11) is 1.94. The number of rotatable bonds is 1. The van der Waals surface area contributed by atoms with Crippen LogP contribution in [-0.4, -0.2) is 39.2 Å². The van der Waals surface area contributed by atoms with Gasteiger partial charge in [0.15, 0.2) is 0 Å². The van der Waals surface area contributed by atoms with Gasteiger partial charge in [0.2, 0.25) is 0 Å². The molecule has 0 aliphatic carbocycles. The van der Waals surface area contributed by atoms with Crippen LogP contribution in [0.5, 0.6) is 0 Å². The van der Waals surface area contributed by atoms with Crippen molar-refractivity contribution >= 4 is 5.91 Å². The van der Waals surface area contributed by atoms with Crippen LogP contribution in [0.25, 0.3) is 0 Å². The van der Waals surface area contributed by atoms with E-state index in [1.54, 1.807) is 0 Å². The average molecular weight is 250 g/mol. The van der Waals surface area contributed by atoms with Crippen LogP contribution in [0, 0.1) is 12.8 Å². The van der Waals surface area contributed by atoms with Crippen LogP contribution in [0.1, 0.15) is 36.3 Å². The summed E-state index contributed by atoms with van der Waals surface area (Å²) in [4.78, 5) is 14.3. The first-order valence-electron chi connectivity index (χ1n) is 6.46. The lowest BCUT2D eigenvalue weighted by molar-refractivity contribution is -0.0439. The maximum absolute atomic E-state index is 12.4. The molecule has 1 fully saturated rings. The topological polar surface area (TPSA) is 45.5 Å². The lowest BCUT2D eigenvalue weighted by Crippen LogP contribution is -2.50. The Bertz CT molecular complexity index is 462. The molecule has 0 aromatic carbocycles. The molecule has 2 atom stereocenters. The highest BCUT2D eigenvalue weighted by atomic mass is 16.3. The minimum atomic E-state index is -0.650. The van der Waals surface area contributed by atoms with Gasteiger partial charge in [-0.15, -0.1) is 0 Å². The molecule has 0 bridgehead atoms. The van der Waals surface area contributed by atoms with Gasteiger partial charge in [-0.3, -0.25) is 4.79 Å². The number of hydrogen-bond acceptors (Lipinski definition) is 2. The molecule has 18 heavy (non-hydrogen) atoms. The van der Waals surface area contributed by atoms with Crippen LogP contribution in [0.4, 0.5) is 0 Å². The van der Waals surface area contributed by atoms with Gasteiger partial charge in [-0.25, -0.2) is 0 Å². The van der Waals surface area contributed by atoms with Gasteiger partial charge >= 0.3 is 0 Å². The number of carbonyl (C=O) groups excluding carboxylic acids is 1. The molecule has 0 spiro atoms. The van der Waals surface area contributed by atoms with Gasteiger partial charge in [0.05, 0.1) is 11.2 Å². The Balaban J connectivity index is 2.14. The Morgan fingerprint density at radius 2 is 2.22 bits per heavy atom. The molecule has 1 aliphatic rings. The zero-order valence-electron chi connectivity index (χ0n) is 11.6. The molecule has 100 valence electrons. The van der Waals surface area contributed by atoms with Crippen molar-refractivity contribution in [2.45, 2.75) is 32.8 Å². The molecule has 1 N–H and O–H groups in total. The van der Waals surface area contributed by atoms with Gasteiger partial charge in [-0.05, 0) is 26.3 Å². The highest BCUT2D eigenvalue weighted by Crippen LogP contribution is 2.28. The molecule has 2 heterocycles. The van der Waals surface area contributed by atoms with Crippen LogP contribution in [-0.2, 0) is 7.05 Å². The zero-order valence-corrected chi connectivity index (χ0v) is 11.6. The van der Waals surface area contributed by atoms with Crippen molar-refractivity contribution in [1.29, 1.82) is 0 Å². The highest BCUT2D eigenvalue weighted by molar-refractivity contribution is 5.95. The highest BCUT2D eigenvalue weighted by Gasteiger charge is 2.36. The number of nitrogens with zero attached hydrogens (tertiary/aromatic N) is 2. The minimum Gasteiger partial charge on any atom is -0.390 e. The van der Waals surface area contributed by atoms with Gasteiger partial charge in [0, 0.05) is 37.9 Å². The normalized spacial score (nSPS) is 28.5. The minimum absolute atomic E-state index is 0.0791. The first-order valence-corrected chi connectivity index (χ1v) is 6.46. The molecule has 1 aromatic heterocycles. The third-order valence-electron chi connectivity index (χ3n) is 4.35. The third kappa shape index (κ3) is 2.17. The average Bonchev–Trinajstić information content (AvgIpc) is 2.63. The standard InChI is InChI=1S/C14H22N2O2/c1-10-9-16(8-6-14(10,3)18)13(17)12-5-7-15(4)11(12)2/h5,7,10,18H,6,8-9H2,1-4H3. The zero-order chi connectivity index (χ0) is 13.5. The second kappa shape index (κ2) is 4.43. The maximum atomic E-state index is 12.4. The Labute approximate surface area is 108 Å². The van der Waals surface area contributed by atoms with Gasteiger partial charge < -0.3 is 14.6 Å². The Hall–Kier alpha value is -1.29. The summed E-state index contributed by atoms with van der Waals surface area (Å²) in [5, 5.41) is 10.1. The van der Waals surface area contributed by atoms with Gasteiger partial charge in [0.25, 0.3) is 5.91 Å². The van der Waals surface area contributed by atoms with Crippen LogP contribution in [0.15, 0.2) is 12.3 Å². The van der Waals surface area contributed by atoms with Gasteiger partial charge in [-0.1, -0.05) is 6.92 Å². The first-order chi connectivity index (χ1) is 8.33. The number of carbonyl (C=O) groups is 1. The molecule has 0 saturated carbocycles. The van der Waals surface area contributed by atoms with Gasteiger partial charge in [-0.2, -0.15) is 0 Å². The van der Waals surface area contributed by atoms with E-state index >= 15 is 0 Å². The number of aliphatic hydroxyl groups is 1. The number of amides is 1. The second-order valence-corrected chi connectivity index (χ2v) is 5.69. The fourth-order valence-corrected chi connectivity index (χ4v) is 2.42. The molecule has 4 heteroatoms. The summed E-state index contributed by atoms with van der Waals surface area (Å²) in [6.45, 7) is 7.06. The van der Waals surface area contributed by atoms with Crippen molar-refractivity contribution < 1.29 is 9.90 Å². The van der Waals surface area contributed by atoms with Crippen molar-refractivity contribution in [3.8, 4) is 0 Å². The summed E-state index contributed by atoms with van der Waals surface area (Å²) < 4.78 is 1.96. The second-order valence-electron chi connectivity index (χ2n) is 5.69. The van der Waals surface area contributed by atoms with E-state index in [1.165, 1.54) is 0 Å². The van der Waals surface area contributed by atoms with E-state index < -0.39 is 5.60 Å². The van der Waals surface area contributed by atoms with Crippen LogP contribution < -0.4 is 0 Å². The fourth-order valence-electron chi connectivity index (χ4n) is 2.42. The molecule has 4 nitrogen and oxygen atoms in total. The third-order valence-corrected chi connectivity index (χ3v) is 4.35. The van der Waals surface area contributed by atoms with E-state index in [2.05, 4.69) is 0 Å². The maximum Gasteiger partial charge on any atom is 0.255 e. The van der Waals surface area contributed by atoms with Gasteiger partial charge in [0.1, 0.15) is 0 Å². The number of hydrogen-bond donors (Lipinski definition) is 1. The molecule has 1 amide bonds. The quantitative estimate of drug-likeness (QED) is 0.822. The van der Waals surface area contributed by atoms with E-state index in [0.29, 0.717) is 19.5 Å². The molecular formula is C14H22N2O2. The Morgan fingerprint density at radius 3 is 2.72 bits per heavy atom. The van der Waals surface area contributed by atoms with Crippen LogP contribution >= 0.6 is 0 Å². The molecule has 1 aromatic rings. The largest absolute Gasteiger partial charge is 0.390 e. The molecule has 2 rings (SSSR count). The van der Waals surface area contributed by atoms with E-state index in [-0.39, 0.29) is 11.8 Å². The Morgan fingerprint density at radius 1 is 1.56 bits per heavy atom. The van der Waals surface area contributed by atoms with E-state index in [4.69, 9.17) is 0 Å². The van der Waals surface area contributed by atoms with Crippen molar-refractivity contribution in [3.05, 3.63) is 23.5 Å². The van der Waals surface area contributed by atoms with E-state index in [0.717, 1.165) is 11.3 Å². The molecular weight excluding hydrogens is 228 g/mol. The van der Waals surface area contributed by atoms with E-state index in [9.17, 15) is 9.90 Å². The number of aromatic nitrogens is 1. The van der Waals surface area contributed by atoms with Crippen molar-refractivity contribution in [1.82, 2.24) is 9.47 Å². The summed E-state index contributed by atoms with van der Waals surface area (Å²) in [5.74, 6) is 0.190. The van der Waals surface area contributed by atoms with Crippen molar-refractivity contribution in [2.24, 2.45) is 13.0 Å². The summed E-state index contributed by atoms with van der Waals surface area (Å²) in [6.07, 6.45) is 2.55. The summed E-state index contributed by atoms with van der Waals surface area (Å²) in [6, 6.07) is 1.87. The molecule has 1 aliphatic heterocycles. The molecule has 0 radical (unpaired) electrons. The fraction of sp³-hybridized carbons (Fsp3) is 0.643. The predicted molar refractivity (Wildman–Crippen MR) is 70.5 cm³/mol. The Kier molecular flexibility index (Phi) is 3.23. The predicted octanol–water partition coefficient (Wildman–Crippen LogP) is 1.57. The number of piperidine rings is 1. The lowest BCUT2D eigenvalue weighted by Gasteiger charge is -2.41. The summed E-state index contributed by atoms with van der Waals surface area (Å²) in [5.41, 5.74) is 1.11. The summed E-state index contributed by atoms with van der Waals surface area (Å²) >= 11 is 0. The number of aryl methyl sites for hydroxylation is 1. The van der Waals surface area contributed by atoms with E-state index in [1.807, 2.05) is 49.5 Å². The first kappa shape index (κ1) is 13.1. The van der Waals surface area contributed by atoms with Crippen molar-refractivity contribution in [2.75, 3.05) is 13.1 Å². The molecule has 1 saturated heterocycles. The number of likely N-dealkylation sites (tertiary alicyclic amines) is 1. The lowest BCUT2D eigenvalue weighted by atomic mass is 9.84. The van der Waals surface area contributed by atoms with Crippen LogP contribution in [0.2, 0.25) is 0 Å². The van der Waals surface area contributed by atoms with Crippen LogP contribution in [0.3, 0.4) is 0 Å². The van der Waals surface area contributed by atoms with Crippen molar-refractivity contribution in [3.63, 3.8) is 0 Å². The molecule has 2 unspecified atom stereocenters. The monoisotopic (exact) mass is 250 g/mol. The smallest absolute Gasteiger partial charge is 0.255 e.